The average Bonchev–Trinajstić information content (AvgIpc) is 2.49. The first-order chi connectivity index (χ1) is 6.34. The van der Waals surface area contributed by atoms with Gasteiger partial charge in [-0.1, -0.05) is 0 Å². The highest BCUT2D eigenvalue weighted by molar-refractivity contribution is 5.70. The Bertz CT molecular complexity index is 183. The van der Waals surface area contributed by atoms with Crippen LogP contribution in [-0.2, 0) is 9.53 Å². The summed E-state index contributed by atoms with van der Waals surface area (Å²) in [5, 5.41) is 3.30. The van der Waals surface area contributed by atoms with Crippen LogP contribution in [0.5, 0.6) is 0 Å². The minimum atomic E-state index is -0.0101. The smallest absolute Gasteiger partial charge is 0.307 e. The van der Waals surface area contributed by atoms with Gasteiger partial charge in [0.2, 0.25) is 0 Å². The van der Waals surface area contributed by atoms with E-state index in [9.17, 15) is 4.79 Å². The lowest BCUT2D eigenvalue weighted by Gasteiger charge is -2.25. The third-order valence-electron chi connectivity index (χ3n) is 2.93. The number of carbonyl (C=O) groups is 1. The maximum absolute atomic E-state index is 11.3. The van der Waals surface area contributed by atoms with E-state index in [1.165, 1.54) is 12.8 Å². The molecule has 74 valence electrons. The molecule has 2 aliphatic rings. The number of rotatable bonds is 3. The largest absolute Gasteiger partial charge is 0.462 e. The molecule has 1 atom stereocenters. The van der Waals surface area contributed by atoms with E-state index >= 15 is 0 Å². The Kier molecular flexibility index (Phi) is 2.83. The van der Waals surface area contributed by atoms with Crippen molar-refractivity contribution in [2.45, 2.75) is 50.7 Å². The molecule has 1 aliphatic heterocycles. The van der Waals surface area contributed by atoms with Gasteiger partial charge in [-0.15, -0.1) is 0 Å². The van der Waals surface area contributed by atoms with Crippen LogP contribution < -0.4 is 5.32 Å². The SMILES string of the molecule is O=C(CC1CCCN1)OC1CCC1. The normalized spacial score (nSPS) is 28.5. The predicted octanol–water partition coefficient (Wildman–Crippen LogP) is 1.22. The van der Waals surface area contributed by atoms with Gasteiger partial charge in [-0.2, -0.15) is 0 Å². The molecule has 0 radical (unpaired) electrons. The number of carbonyl (C=O) groups excluding carboxylic acids is 1. The molecule has 2 rings (SSSR count). The summed E-state index contributed by atoms with van der Waals surface area (Å²) in [5.74, 6) is -0.0101. The fourth-order valence-corrected chi connectivity index (χ4v) is 1.85. The highest BCUT2D eigenvalue weighted by Crippen LogP contribution is 2.22. The number of esters is 1. The maximum atomic E-state index is 11.3. The number of ether oxygens (including phenoxy) is 1. The molecule has 1 heterocycles. The molecule has 3 heteroatoms. The maximum Gasteiger partial charge on any atom is 0.307 e. The van der Waals surface area contributed by atoms with Crippen molar-refractivity contribution in [2.75, 3.05) is 6.54 Å². The zero-order valence-corrected chi connectivity index (χ0v) is 7.92. The van der Waals surface area contributed by atoms with Gasteiger partial charge in [-0.05, 0) is 38.6 Å². The van der Waals surface area contributed by atoms with Gasteiger partial charge < -0.3 is 10.1 Å². The summed E-state index contributed by atoms with van der Waals surface area (Å²) in [6, 6.07) is 0.382. The van der Waals surface area contributed by atoms with Gasteiger partial charge in [-0.3, -0.25) is 4.79 Å². The Balaban J connectivity index is 1.64. The van der Waals surface area contributed by atoms with E-state index in [4.69, 9.17) is 4.74 Å². The summed E-state index contributed by atoms with van der Waals surface area (Å²) < 4.78 is 5.27. The summed E-state index contributed by atoms with van der Waals surface area (Å²) in [6.45, 7) is 1.06. The van der Waals surface area contributed by atoms with Crippen molar-refractivity contribution in [2.24, 2.45) is 0 Å². The lowest BCUT2D eigenvalue weighted by atomic mass is 9.96. The quantitative estimate of drug-likeness (QED) is 0.669. The summed E-state index contributed by atoms with van der Waals surface area (Å²) in [7, 11) is 0. The van der Waals surface area contributed by atoms with Crippen LogP contribution in [0.15, 0.2) is 0 Å². The molecule has 0 spiro atoms. The Morgan fingerprint density at radius 2 is 2.15 bits per heavy atom. The minimum Gasteiger partial charge on any atom is -0.462 e. The molecule has 13 heavy (non-hydrogen) atoms. The molecular weight excluding hydrogens is 166 g/mol. The van der Waals surface area contributed by atoms with Crippen molar-refractivity contribution < 1.29 is 9.53 Å². The Morgan fingerprint density at radius 3 is 2.69 bits per heavy atom. The Hall–Kier alpha value is -0.570. The van der Waals surface area contributed by atoms with Crippen molar-refractivity contribution in [3.8, 4) is 0 Å². The molecule has 0 aromatic heterocycles. The van der Waals surface area contributed by atoms with E-state index in [2.05, 4.69) is 5.32 Å². The van der Waals surface area contributed by atoms with Crippen LogP contribution in [0.3, 0.4) is 0 Å². The van der Waals surface area contributed by atoms with E-state index in [0.29, 0.717) is 12.5 Å². The van der Waals surface area contributed by atoms with Crippen molar-refractivity contribution in [1.29, 1.82) is 0 Å². The third kappa shape index (κ3) is 2.44. The van der Waals surface area contributed by atoms with Crippen LogP contribution >= 0.6 is 0 Å². The zero-order chi connectivity index (χ0) is 9.10. The van der Waals surface area contributed by atoms with Crippen LogP contribution in [0.25, 0.3) is 0 Å². The van der Waals surface area contributed by atoms with Crippen molar-refractivity contribution >= 4 is 5.97 Å². The van der Waals surface area contributed by atoms with E-state index in [-0.39, 0.29) is 12.1 Å². The minimum absolute atomic E-state index is 0.0101. The number of hydrogen-bond donors (Lipinski definition) is 1. The van der Waals surface area contributed by atoms with Gasteiger partial charge in [0, 0.05) is 6.04 Å². The lowest BCUT2D eigenvalue weighted by molar-refractivity contribution is -0.153. The number of nitrogens with one attached hydrogen (secondary N) is 1. The Labute approximate surface area is 78.8 Å². The second-order valence-corrected chi connectivity index (χ2v) is 4.04. The molecule has 0 aromatic carbocycles. The van der Waals surface area contributed by atoms with Crippen molar-refractivity contribution in [3.05, 3.63) is 0 Å². The molecule has 0 amide bonds. The molecular formula is C10H17NO2. The number of hydrogen-bond acceptors (Lipinski definition) is 3. The fraction of sp³-hybridized carbons (Fsp3) is 0.900. The van der Waals surface area contributed by atoms with Gasteiger partial charge in [0.1, 0.15) is 6.10 Å². The van der Waals surface area contributed by atoms with Gasteiger partial charge in [0.25, 0.3) is 0 Å². The second kappa shape index (κ2) is 4.09. The van der Waals surface area contributed by atoms with Crippen LogP contribution in [-0.4, -0.2) is 24.7 Å². The average molecular weight is 183 g/mol. The van der Waals surface area contributed by atoms with Gasteiger partial charge in [0.15, 0.2) is 0 Å². The summed E-state index contributed by atoms with van der Waals surface area (Å²) in [6.07, 6.45) is 6.50. The van der Waals surface area contributed by atoms with E-state index in [0.717, 1.165) is 25.8 Å². The van der Waals surface area contributed by atoms with Gasteiger partial charge in [-0.25, -0.2) is 0 Å². The molecule has 1 saturated heterocycles. The van der Waals surface area contributed by atoms with Crippen LogP contribution in [0.4, 0.5) is 0 Å². The van der Waals surface area contributed by atoms with E-state index in [1.54, 1.807) is 0 Å². The monoisotopic (exact) mass is 183 g/mol. The van der Waals surface area contributed by atoms with Crippen LogP contribution in [0, 0.1) is 0 Å². The van der Waals surface area contributed by atoms with Crippen molar-refractivity contribution in [3.63, 3.8) is 0 Å². The predicted molar refractivity (Wildman–Crippen MR) is 49.4 cm³/mol. The molecule has 0 aromatic rings. The molecule has 1 unspecified atom stereocenters. The summed E-state index contributed by atoms with van der Waals surface area (Å²) in [5.41, 5.74) is 0. The molecule has 1 saturated carbocycles. The first-order valence-electron chi connectivity index (χ1n) is 5.27. The summed E-state index contributed by atoms with van der Waals surface area (Å²) in [4.78, 5) is 11.3. The first-order valence-corrected chi connectivity index (χ1v) is 5.27. The highest BCUT2D eigenvalue weighted by atomic mass is 16.5. The topological polar surface area (TPSA) is 38.3 Å². The van der Waals surface area contributed by atoms with Gasteiger partial charge >= 0.3 is 5.97 Å². The standard InChI is InChI=1S/C10H17NO2/c12-10(13-9-4-1-5-9)7-8-3-2-6-11-8/h8-9,11H,1-7H2. The fourth-order valence-electron chi connectivity index (χ4n) is 1.85. The second-order valence-electron chi connectivity index (χ2n) is 4.04. The third-order valence-corrected chi connectivity index (χ3v) is 2.93. The molecule has 2 fully saturated rings. The first kappa shape index (κ1) is 9.00. The van der Waals surface area contributed by atoms with Gasteiger partial charge in [0.05, 0.1) is 6.42 Å². The summed E-state index contributed by atoms with van der Waals surface area (Å²) >= 11 is 0. The van der Waals surface area contributed by atoms with Crippen molar-refractivity contribution in [1.82, 2.24) is 5.32 Å². The molecule has 1 aliphatic carbocycles. The zero-order valence-electron chi connectivity index (χ0n) is 7.92. The van der Waals surface area contributed by atoms with E-state index < -0.39 is 0 Å². The molecule has 3 nitrogen and oxygen atoms in total. The Morgan fingerprint density at radius 1 is 1.31 bits per heavy atom. The highest BCUT2D eigenvalue weighted by Gasteiger charge is 2.24. The molecule has 1 N–H and O–H groups in total. The van der Waals surface area contributed by atoms with Crippen LogP contribution in [0.1, 0.15) is 38.5 Å². The lowest BCUT2D eigenvalue weighted by Crippen LogP contribution is -2.30. The van der Waals surface area contributed by atoms with E-state index in [1.807, 2.05) is 0 Å². The molecule has 0 bridgehead atoms. The van der Waals surface area contributed by atoms with Crippen LogP contribution in [0.2, 0.25) is 0 Å².